The fraction of sp³-hybridized carbons (Fsp3) is 0. The summed E-state index contributed by atoms with van der Waals surface area (Å²) in [7, 11) is 0. The average molecular weight is 535 g/mol. The van der Waals surface area contributed by atoms with Crippen LogP contribution in [-0.4, -0.2) is 24.0 Å². The van der Waals surface area contributed by atoms with Crippen LogP contribution < -0.4 is 15.5 Å². The maximum Gasteiger partial charge on any atom is 0.344 e. The third kappa shape index (κ3) is 6.16. The number of hydrazone groups is 1. The zero-order chi connectivity index (χ0) is 23.1. The first-order valence-corrected chi connectivity index (χ1v) is 10.5. The number of rotatable bonds is 5. The molecule has 0 aliphatic carbocycles. The van der Waals surface area contributed by atoms with Crippen LogP contribution >= 0.6 is 39.1 Å². The van der Waals surface area contributed by atoms with Crippen LogP contribution in [0.2, 0.25) is 10.0 Å². The molecular formula is C22H14BrCl2N3O4. The van der Waals surface area contributed by atoms with Crippen molar-refractivity contribution < 1.29 is 19.1 Å². The number of halogens is 3. The quantitative estimate of drug-likeness (QED) is 0.157. The first kappa shape index (κ1) is 23.5. The normalized spacial score (nSPS) is 10.6. The van der Waals surface area contributed by atoms with Crippen LogP contribution in [0.5, 0.6) is 5.75 Å². The van der Waals surface area contributed by atoms with Crippen molar-refractivity contribution in [3.63, 3.8) is 0 Å². The lowest BCUT2D eigenvalue weighted by Crippen LogP contribution is -2.32. The van der Waals surface area contributed by atoms with Crippen molar-refractivity contribution in [2.75, 3.05) is 5.32 Å². The van der Waals surface area contributed by atoms with Crippen molar-refractivity contribution in [3.8, 4) is 5.75 Å². The number of hydrogen-bond acceptors (Lipinski definition) is 5. The molecule has 0 unspecified atom stereocenters. The topological polar surface area (TPSA) is 96.9 Å². The summed E-state index contributed by atoms with van der Waals surface area (Å²) in [4.78, 5) is 36.1. The number of hydrogen-bond donors (Lipinski definition) is 2. The van der Waals surface area contributed by atoms with E-state index in [1.165, 1.54) is 12.3 Å². The van der Waals surface area contributed by atoms with Crippen LogP contribution in [0.15, 0.2) is 76.3 Å². The molecule has 0 saturated heterocycles. The monoisotopic (exact) mass is 533 g/mol. The van der Waals surface area contributed by atoms with Gasteiger partial charge in [-0.1, -0.05) is 41.4 Å². The predicted molar refractivity (Wildman–Crippen MR) is 126 cm³/mol. The van der Waals surface area contributed by atoms with E-state index >= 15 is 0 Å². The molecular weight excluding hydrogens is 521 g/mol. The zero-order valence-corrected chi connectivity index (χ0v) is 19.2. The minimum Gasteiger partial charge on any atom is -0.423 e. The summed E-state index contributed by atoms with van der Waals surface area (Å²) in [6.07, 6.45) is 1.33. The highest BCUT2D eigenvalue weighted by atomic mass is 79.9. The third-order valence-corrected chi connectivity index (χ3v) is 5.48. The standard InChI is InChI=1S/C22H14BrCl2N3O4/c23-16-5-2-1-4-15(16)22(31)32-14-10-8-13(9-11-14)12-26-28-21(30)20(29)27-18-7-3-6-17(24)19(18)25/h1-12H,(H,27,29)(H,28,30)/b26-12-. The molecule has 10 heteroatoms. The highest BCUT2D eigenvalue weighted by molar-refractivity contribution is 9.10. The van der Waals surface area contributed by atoms with E-state index in [-0.39, 0.29) is 15.7 Å². The number of anilines is 1. The van der Waals surface area contributed by atoms with Gasteiger partial charge < -0.3 is 10.1 Å². The maximum atomic E-state index is 12.2. The number of carbonyl (C=O) groups excluding carboxylic acids is 3. The maximum absolute atomic E-state index is 12.2. The molecule has 3 aromatic rings. The molecule has 7 nitrogen and oxygen atoms in total. The van der Waals surface area contributed by atoms with E-state index in [0.29, 0.717) is 21.3 Å². The summed E-state index contributed by atoms with van der Waals surface area (Å²) in [5.74, 6) is -2.11. The lowest BCUT2D eigenvalue weighted by atomic mass is 10.2. The molecule has 3 aromatic carbocycles. The van der Waals surface area contributed by atoms with E-state index in [1.54, 1.807) is 60.7 Å². The van der Waals surface area contributed by atoms with Crippen LogP contribution in [0.4, 0.5) is 5.69 Å². The van der Waals surface area contributed by atoms with Gasteiger partial charge in [0.2, 0.25) is 0 Å². The molecule has 0 heterocycles. The summed E-state index contributed by atoms with van der Waals surface area (Å²) in [5, 5.41) is 6.45. The average Bonchev–Trinajstić information content (AvgIpc) is 2.78. The van der Waals surface area contributed by atoms with E-state index in [0.717, 1.165) is 0 Å². The molecule has 0 atom stereocenters. The number of carbonyl (C=O) groups is 3. The Morgan fingerprint density at radius 1 is 0.906 bits per heavy atom. The van der Waals surface area contributed by atoms with Gasteiger partial charge in [0.15, 0.2) is 0 Å². The van der Waals surface area contributed by atoms with Crippen LogP contribution in [0.1, 0.15) is 15.9 Å². The molecule has 3 rings (SSSR count). The number of esters is 1. The number of nitrogens with one attached hydrogen (secondary N) is 2. The van der Waals surface area contributed by atoms with E-state index < -0.39 is 17.8 Å². The van der Waals surface area contributed by atoms with E-state index in [9.17, 15) is 14.4 Å². The molecule has 0 radical (unpaired) electrons. The van der Waals surface area contributed by atoms with Gasteiger partial charge in [-0.2, -0.15) is 5.10 Å². The highest BCUT2D eigenvalue weighted by Gasteiger charge is 2.15. The molecule has 2 amide bonds. The number of amides is 2. The van der Waals surface area contributed by atoms with Crippen molar-refractivity contribution in [2.24, 2.45) is 5.10 Å². The highest BCUT2D eigenvalue weighted by Crippen LogP contribution is 2.29. The fourth-order valence-electron chi connectivity index (χ4n) is 2.41. The second-order valence-corrected chi connectivity index (χ2v) is 7.83. The lowest BCUT2D eigenvalue weighted by molar-refractivity contribution is -0.136. The Morgan fingerprint density at radius 3 is 2.34 bits per heavy atom. The molecule has 32 heavy (non-hydrogen) atoms. The van der Waals surface area contributed by atoms with Gasteiger partial charge in [-0.05, 0) is 70.0 Å². The first-order valence-electron chi connectivity index (χ1n) is 9.00. The zero-order valence-electron chi connectivity index (χ0n) is 16.1. The summed E-state index contributed by atoms with van der Waals surface area (Å²) >= 11 is 15.1. The van der Waals surface area contributed by atoms with E-state index in [1.807, 2.05) is 0 Å². The Morgan fingerprint density at radius 2 is 1.62 bits per heavy atom. The molecule has 0 aliphatic heterocycles. The fourth-order valence-corrected chi connectivity index (χ4v) is 3.20. The second-order valence-electron chi connectivity index (χ2n) is 6.19. The number of ether oxygens (including phenoxy) is 1. The summed E-state index contributed by atoms with van der Waals surface area (Å²) in [6.45, 7) is 0. The third-order valence-electron chi connectivity index (χ3n) is 3.97. The van der Waals surface area contributed by atoms with Gasteiger partial charge in [-0.3, -0.25) is 9.59 Å². The number of nitrogens with zero attached hydrogens (tertiary/aromatic N) is 1. The Labute approximate surface area is 201 Å². The SMILES string of the molecule is O=C(N/N=C\c1ccc(OC(=O)c2ccccc2Br)cc1)C(=O)Nc1cccc(Cl)c1Cl. The molecule has 0 bridgehead atoms. The molecule has 0 aliphatic rings. The van der Waals surface area contributed by atoms with Gasteiger partial charge in [0.25, 0.3) is 0 Å². The predicted octanol–water partition coefficient (Wildman–Crippen LogP) is 5.06. The van der Waals surface area contributed by atoms with Gasteiger partial charge in [0.1, 0.15) is 5.75 Å². The summed E-state index contributed by atoms with van der Waals surface area (Å²) in [6, 6.07) is 18.0. The van der Waals surface area contributed by atoms with Crippen molar-refractivity contribution in [3.05, 3.63) is 92.4 Å². The van der Waals surface area contributed by atoms with Crippen molar-refractivity contribution in [1.82, 2.24) is 5.43 Å². The molecule has 0 aromatic heterocycles. The molecule has 0 spiro atoms. The Hall–Kier alpha value is -3.20. The lowest BCUT2D eigenvalue weighted by Gasteiger charge is -2.07. The Balaban J connectivity index is 1.53. The van der Waals surface area contributed by atoms with Crippen LogP contribution in [-0.2, 0) is 9.59 Å². The largest absolute Gasteiger partial charge is 0.423 e. The molecule has 2 N–H and O–H groups in total. The first-order chi connectivity index (χ1) is 15.3. The van der Waals surface area contributed by atoms with Gasteiger partial charge in [-0.15, -0.1) is 0 Å². The molecule has 0 fully saturated rings. The minimum atomic E-state index is -0.990. The van der Waals surface area contributed by atoms with E-state index in [2.05, 4.69) is 31.8 Å². The van der Waals surface area contributed by atoms with E-state index in [4.69, 9.17) is 27.9 Å². The van der Waals surface area contributed by atoms with Gasteiger partial charge in [0, 0.05) is 4.47 Å². The summed E-state index contributed by atoms with van der Waals surface area (Å²) < 4.78 is 5.96. The van der Waals surface area contributed by atoms with Crippen molar-refractivity contribution >= 4 is 68.8 Å². The summed E-state index contributed by atoms with van der Waals surface area (Å²) in [5.41, 5.74) is 3.32. The smallest absolute Gasteiger partial charge is 0.344 e. The second kappa shape index (κ2) is 10.9. The van der Waals surface area contributed by atoms with Crippen LogP contribution in [0.25, 0.3) is 0 Å². The Bertz CT molecular complexity index is 1200. The van der Waals surface area contributed by atoms with Gasteiger partial charge in [0.05, 0.1) is 27.5 Å². The molecule has 0 saturated carbocycles. The van der Waals surface area contributed by atoms with Crippen LogP contribution in [0, 0.1) is 0 Å². The minimum absolute atomic E-state index is 0.124. The van der Waals surface area contributed by atoms with Crippen molar-refractivity contribution in [2.45, 2.75) is 0 Å². The van der Waals surface area contributed by atoms with Gasteiger partial charge >= 0.3 is 17.8 Å². The van der Waals surface area contributed by atoms with Crippen LogP contribution in [0.3, 0.4) is 0 Å². The number of benzene rings is 3. The van der Waals surface area contributed by atoms with Gasteiger partial charge in [-0.25, -0.2) is 10.2 Å². The molecule has 162 valence electrons. The van der Waals surface area contributed by atoms with Crippen molar-refractivity contribution in [1.29, 1.82) is 0 Å². The Kier molecular flexibility index (Phi) is 7.99.